The number of carbonyl (C=O) groups is 1. The van der Waals surface area contributed by atoms with Crippen LogP contribution in [0.1, 0.15) is 37.1 Å². The van der Waals surface area contributed by atoms with E-state index in [-0.39, 0.29) is 17.9 Å². The summed E-state index contributed by atoms with van der Waals surface area (Å²) < 4.78 is 5.35. The molecule has 1 amide bonds. The van der Waals surface area contributed by atoms with Crippen molar-refractivity contribution in [2.24, 2.45) is 5.92 Å². The van der Waals surface area contributed by atoms with E-state index in [1.54, 1.807) is 0 Å². The zero-order valence-electron chi connectivity index (χ0n) is 14.0. The molecule has 3 rings (SSSR count). The fourth-order valence-electron chi connectivity index (χ4n) is 3.38. The first-order valence-corrected chi connectivity index (χ1v) is 8.57. The molecule has 126 valence electrons. The largest absolute Gasteiger partial charge is 0.381 e. The first-order chi connectivity index (χ1) is 11.1. The number of rotatable bonds is 3. The van der Waals surface area contributed by atoms with Gasteiger partial charge in [0.2, 0.25) is 11.9 Å². The zero-order valence-corrected chi connectivity index (χ0v) is 14.0. The summed E-state index contributed by atoms with van der Waals surface area (Å²) in [5.41, 5.74) is 1.95. The van der Waals surface area contributed by atoms with Crippen molar-refractivity contribution in [2.45, 2.75) is 45.6 Å². The predicted octanol–water partition coefficient (Wildman–Crippen LogP) is 1.61. The van der Waals surface area contributed by atoms with Gasteiger partial charge >= 0.3 is 0 Å². The van der Waals surface area contributed by atoms with E-state index in [9.17, 15) is 4.79 Å². The van der Waals surface area contributed by atoms with E-state index in [2.05, 4.69) is 20.2 Å². The maximum absolute atomic E-state index is 12.6. The average Bonchev–Trinajstić information content (AvgIpc) is 2.55. The summed E-state index contributed by atoms with van der Waals surface area (Å²) in [5, 5.41) is 3.20. The molecule has 0 spiro atoms. The van der Waals surface area contributed by atoms with Gasteiger partial charge in [0.15, 0.2) is 0 Å². The van der Waals surface area contributed by atoms with Crippen LogP contribution in [0.4, 0.5) is 5.95 Å². The zero-order chi connectivity index (χ0) is 16.2. The van der Waals surface area contributed by atoms with Gasteiger partial charge in [-0.05, 0) is 45.6 Å². The number of hydrogen-bond acceptors (Lipinski definition) is 5. The molecule has 23 heavy (non-hydrogen) atoms. The highest BCUT2D eigenvalue weighted by atomic mass is 16.5. The van der Waals surface area contributed by atoms with Gasteiger partial charge < -0.3 is 15.0 Å². The predicted molar refractivity (Wildman–Crippen MR) is 88.4 cm³/mol. The minimum atomic E-state index is 0.0241. The molecular formula is C17H26N4O2. The molecule has 2 aliphatic rings. The van der Waals surface area contributed by atoms with Crippen molar-refractivity contribution in [3.8, 4) is 0 Å². The smallest absolute Gasteiger partial charge is 0.225 e. The molecule has 3 heterocycles. The number of carbonyl (C=O) groups excluding carboxylic acids is 1. The van der Waals surface area contributed by atoms with Crippen molar-refractivity contribution in [1.29, 1.82) is 0 Å². The number of piperidine rings is 1. The third kappa shape index (κ3) is 4.19. The Balaban J connectivity index is 1.62. The SMILES string of the molecule is Cc1cc(C)nc(N2CCCC(C(=O)NC3CCOCC3)C2)n1. The molecule has 0 radical (unpaired) electrons. The van der Waals surface area contributed by atoms with E-state index in [1.165, 1.54) is 0 Å². The standard InChI is InChI=1S/C17H26N4O2/c1-12-10-13(2)19-17(18-12)21-7-3-4-14(11-21)16(22)20-15-5-8-23-9-6-15/h10,14-15H,3-9,11H2,1-2H3,(H,20,22). The van der Waals surface area contributed by atoms with E-state index in [0.29, 0.717) is 6.54 Å². The molecule has 1 N–H and O–H groups in total. The Morgan fingerprint density at radius 1 is 1.22 bits per heavy atom. The molecule has 6 nitrogen and oxygen atoms in total. The lowest BCUT2D eigenvalue weighted by molar-refractivity contribution is -0.126. The second-order valence-electron chi connectivity index (χ2n) is 6.63. The van der Waals surface area contributed by atoms with E-state index >= 15 is 0 Å². The Labute approximate surface area is 137 Å². The minimum Gasteiger partial charge on any atom is -0.381 e. The summed E-state index contributed by atoms with van der Waals surface area (Å²) in [4.78, 5) is 23.8. The lowest BCUT2D eigenvalue weighted by Gasteiger charge is -2.33. The maximum atomic E-state index is 12.6. The van der Waals surface area contributed by atoms with Crippen LogP contribution >= 0.6 is 0 Å². The fourth-order valence-corrected chi connectivity index (χ4v) is 3.38. The lowest BCUT2D eigenvalue weighted by atomic mass is 9.96. The third-order valence-electron chi connectivity index (χ3n) is 4.61. The molecule has 0 aromatic carbocycles. The molecule has 2 saturated heterocycles. The second kappa shape index (κ2) is 7.25. The van der Waals surface area contributed by atoms with Crippen molar-refractivity contribution in [3.63, 3.8) is 0 Å². The number of amides is 1. The van der Waals surface area contributed by atoms with Crippen LogP contribution in [0.25, 0.3) is 0 Å². The monoisotopic (exact) mass is 318 g/mol. The minimum absolute atomic E-state index is 0.0241. The third-order valence-corrected chi connectivity index (χ3v) is 4.61. The Morgan fingerprint density at radius 2 is 1.91 bits per heavy atom. The Morgan fingerprint density at radius 3 is 2.61 bits per heavy atom. The molecule has 2 fully saturated rings. The maximum Gasteiger partial charge on any atom is 0.225 e. The normalized spacial score (nSPS) is 22.9. The summed E-state index contributed by atoms with van der Waals surface area (Å²) in [6.07, 6.45) is 3.78. The number of nitrogens with one attached hydrogen (secondary N) is 1. The van der Waals surface area contributed by atoms with E-state index in [1.807, 2.05) is 19.9 Å². The van der Waals surface area contributed by atoms with Crippen LogP contribution in [0.2, 0.25) is 0 Å². The van der Waals surface area contributed by atoms with Crippen LogP contribution in [0.5, 0.6) is 0 Å². The van der Waals surface area contributed by atoms with E-state index < -0.39 is 0 Å². The Hall–Kier alpha value is -1.69. The van der Waals surface area contributed by atoms with Gasteiger partial charge in [0.1, 0.15) is 0 Å². The number of aromatic nitrogens is 2. The number of hydrogen-bond donors (Lipinski definition) is 1. The van der Waals surface area contributed by atoms with Gasteiger partial charge in [-0.25, -0.2) is 9.97 Å². The topological polar surface area (TPSA) is 67.4 Å². The first-order valence-electron chi connectivity index (χ1n) is 8.57. The molecule has 1 unspecified atom stereocenters. The summed E-state index contributed by atoms with van der Waals surface area (Å²) in [7, 11) is 0. The number of ether oxygens (including phenoxy) is 1. The molecule has 1 atom stereocenters. The second-order valence-corrected chi connectivity index (χ2v) is 6.63. The van der Waals surface area contributed by atoms with Crippen LogP contribution in [0, 0.1) is 19.8 Å². The average molecular weight is 318 g/mol. The fraction of sp³-hybridized carbons (Fsp3) is 0.706. The summed E-state index contributed by atoms with van der Waals surface area (Å²) in [6.45, 7) is 7.09. The van der Waals surface area contributed by atoms with Crippen molar-refractivity contribution in [3.05, 3.63) is 17.5 Å². The quantitative estimate of drug-likeness (QED) is 0.917. The van der Waals surface area contributed by atoms with Crippen molar-refractivity contribution < 1.29 is 9.53 Å². The van der Waals surface area contributed by atoms with Gasteiger partial charge in [-0.3, -0.25) is 4.79 Å². The van der Waals surface area contributed by atoms with Crippen LogP contribution in [-0.2, 0) is 9.53 Å². The van der Waals surface area contributed by atoms with Crippen molar-refractivity contribution >= 4 is 11.9 Å². The van der Waals surface area contributed by atoms with Gasteiger partial charge in [0.05, 0.1) is 5.92 Å². The van der Waals surface area contributed by atoms with E-state index in [0.717, 1.165) is 62.8 Å². The van der Waals surface area contributed by atoms with Crippen molar-refractivity contribution in [1.82, 2.24) is 15.3 Å². The summed E-state index contributed by atoms with van der Waals surface area (Å²) in [6, 6.07) is 2.24. The van der Waals surface area contributed by atoms with Gasteiger partial charge in [0.25, 0.3) is 0 Å². The van der Waals surface area contributed by atoms with Crippen LogP contribution < -0.4 is 10.2 Å². The molecule has 1 aromatic rings. The van der Waals surface area contributed by atoms with Gasteiger partial charge in [0, 0.05) is 43.7 Å². The lowest BCUT2D eigenvalue weighted by Crippen LogP contribution is -2.47. The van der Waals surface area contributed by atoms with Gasteiger partial charge in [-0.2, -0.15) is 0 Å². The Bertz CT molecular complexity index is 537. The molecule has 1 aromatic heterocycles. The van der Waals surface area contributed by atoms with Gasteiger partial charge in [-0.15, -0.1) is 0 Å². The highest BCUT2D eigenvalue weighted by molar-refractivity contribution is 5.79. The van der Waals surface area contributed by atoms with Gasteiger partial charge in [-0.1, -0.05) is 0 Å². The van der Waals surface area contributed by atoms with Crippen molar-refractivity contribution in [2.75, 3.05) is 31.2 Å². The highest BCUT2D eigenvalue weighted by Gasteiger charge is 2.29. The molecule has 0 aliphatic carbocycles. The Kier molecular flexibility index (Phi) is 5.10. The summed E-state index contributed by atoms with van der Waals surface area (Å²) in [5.74, 6) is 0.952. The molecule has 6 heteroatoms. The number of anilines is 1. The van der Waals surface area contributed by atoms with Crippen LogP contribution in [0.15, 0.2) is 6.07 Å². The first kappa shape index (κ1) is 16.2. The molecular weight excluding hydrogens is 292 g/mol. The summed E-state index contributed by atoms with van der Waals surface area (Å²) >= 11 is 0. The highest BCUT2D eigenvalue weighted by Crippen LogP contribution is 2.21. The number of aryl methyl sites for hydroxylation is 2. The molecule has 2 aliphatic heterocycles. The van der Waals surface area contributed by atoms with Crippen LogP contribution in [-0.4, -0.2) is 48.2 Å². The molecule has 0 saturated carbocycles. The van der Waals surface area contributed by atoms with E-state index in [4.69, 9.17) is 4.74 Å². The van der Waals surface area contributed by atoms with Crippen LogP contribution in [0.3, 0.4) is 0 Å². The molecule has 0 bridgehead atoms. The number of nitrogens with zero attached hydrogens (tertiary/aromatic N) is 3.